The highest BCUT2D eigenvalue weighted by atomic mass is 16.5. The molecule has 2 unspecified atom stereocenters. The van der Waals surface area contributed by atoms with Gasteiger partial charge in [0.05, 0.1) is 7.11 Å². The quantitative estimate of drug-likeness (QED) is 0.830. The first-order chi connectivity index (χ1) is 7.66. The monoisotopic (exact) mass is 219 g/mol. The van der Waals surface area contributed by atoms with Crippen LogP contribution in [0.5, 0.6) is 5.75 Å². The molecule has 2 rings (SSSR count). The Morgan fingerprint density at radius 1 is 1.38 bits per heavy atom. The van der Waals surface area contributed by atoms with E-state index in [-0.39, 0.29) is 11.5 Å². The Balaban J connectivity index is 2.33. The van der Waals surface area contributed by atoms with E-state index >= 15 is 0 Å². The Morgan fingerprint density at radius 3 is 2.88 bits per heavy atom. The summed E-state index contributed by atoms with van der Waals surface area (Å²) in [5.74, 6) is 0.927. The van der Waals surface area contributed by atoms with Gasteiger partial charge in [-0.1, -0.05) is 31.9 Å². The molecule has 1 saturated carbocycles. The molecule has 0 aliphatic heterocycles. The van der Waals surface area contributed by atoms with Crippen LogP contribution in [0.4, 0.5) is 0 Å². The maximum absolute atomic E-state index is 6.30. The molecule has 0 aromatic heterocycles. The number of hydrogen-bond donors (Lipinski definition) is 1. The Kier molecular flexibility index (Phi) is 3.20. The molecule has 0 radical (unpaired) electrons. The highest BCUT2D eigenvalue weighted by Crippen LogP contribution is 2.39. The Hall–Kier alpha value is -1.02. The molecule has 0 spiro atoms. The van der Waals surface area contributed by atoms with E-state index in [1.165, 1.54) is 24.8 Å². The molecule has 2 N–H and O–H groups in total. The largest absolute Gasteiger partial charge is 0.497 e. The summed E-state index contributed by atoms with van der Waals surface area (Å²) < 4.78 is 5.29. The van der Waals surface area contributed by atoms with Crippen molar-refractivity contribution < 1.29 is 4.74 Å². The second-order valence-corrected chi connectivity index (χ2v) is 5.00. The fraction of sp³-hybridized carbons (Fsp3) is 0.571. The summed E-state index contributed by atoms with van der Waals surface area (Å²) in [6, 6.07) is 8.62. The zero-order valence-corrected chi connectivity index (χ0v) is 10.2. The number of nitrogens with two attached hydrogens (primary N) is 1. The zero-order chi connectivity index (χ0) is 11.6. The van der Waals surface area contributed by atoms with Gasteiger partial charge in [-0.2, -0.15) is 0 Å². The molecule has 0 bridgehead atoms. The van der Waals surface area contributed by atoms with E-state index in [4.69, 9.17) is 10.5 Å². The topological polar surface area (TPSA) is 35.2 Å². The number of ether oxygens (including phenoxy) is 1. The van der Waals surface area contributed by atoms with Crippen LogP contribution < -0.4 is 10.5 Å². The number of hydrogen-bond acceptors (Lipinski definition) is 2. The minimum Gasteiger partial charge on any atom is -0.497 e. The van der Waals surface area contributed by atoms with Crippen molar-refractivity contribution in [2.24, 2.45) is 5.73 Å². The Bertz CT molecular complexity index is 364. The summed E-state index contributed by atoms with van der Waals surface area (Å²) in [5.41, 5.74) is 7.73. The molecule has 1 aromatic rings. The highest BCUT2D eigenvalue weighted by Gasteiger charge is 2.35. The standard InChI is InChI=1S/C14H21NO/c1-14(9-4-3-8-13(14)15)11-6-5-7-12(10-11)16-2/h5-7,10,13H,3-4,8-9,15H2,1-2H3. The van der Waals surface area contributed by atoms with Gasteiger partial charge >= 0.3 is 0 Å². The van der Waals surface area contributed by atoms with Crippen molar-refractivity contribution in [2.45, 2.75) is 44.1 Å². The molecule has 2 nitrogen and oxygen atoms in total. The van der Waals surface area contributed by atoms with E-state index in [2.05, 4.69) is 25.1 Å². The van der Waals surface area contributed by atoms with Crippen molar-refractivity contribution in [3.05, 3.63) is 29.8 Å². The van der Waals surface area contributed by atoms with Crippen LogP contribution in [0.2, 0.25) is 0 Å². The van der Waals surface area contributed by atoms with E-state index in [9.17, 15) is 0 Å². The van der Waals surface area contributed by atoms with Crippen LogP contribution in [0.1, 0.15) is 38.2 Å². The van der Waals surface area contributed by atoms with Crippen LogP contribution in [0.25, 0.3) is 0 Å². The maximum Gasteiger partial charge on any atom is 0.119 e. The summed E-state index contributed by atoms with van der Waals surface area (Å²) in [5, 5.41) is 0. The van der Waals surface area contributed by atoms with Crippen LogP contribution in [0, 0.1) is 0 Å². The summed E-state index contributed by atoms with van der Waals surface area (Å²) in [7, 11) is 1.71. The Morgan fingerprint density at radius 2 is 2.19 bits per heavy atom. The van der Waals surface area contributed by atoms with Crippen molar-refractivity contribution in [3.63, 3.8) is 0 Å². The molecular weight excluding hydrogens is 198 g/mol. The fourth-order valence-corrected chi connectivity index (χ4v) is 2.70. The normalized spacial score (nSPS) is 30.1. The number of benzene rings is 1. The summed E-state index contributed by atoms with van der Waals surface area (Å²) in [6.07, 6.45) is 4.86. The second kappa shape index (κ2) is 4.46. The average molecular weight is 219 g/mol. The SMILES string of the molecule is COc1cccc(C2(C)CCCCC2N)c1. The van der Waals surface area contributed by atoms with E-state index in [0.29, 0.717) is 0 Å². The molecule has 16 heavy (non-hydrogen) atoms. The average Bonchev–Trinajstić information content (AvgIpc) is 2.33. The van der Waals surface area contributed by atoms with E-state index < -0.39 is 0 Å². The number of methoxy groups -OCH3 is 1. The fourth-order valence-electron chi connectivity index (χ4n) is 2.70. The van der Waals surface area contributed by atoms with Crippen molar-refractivity contribution in [1.29, 1.82) is 0 Å². The van der Waals surface area contributed by atoms with Crippen LogP contribution >= 0.6 is 0 Å². The van der Waals surface area contributed by atoms with Crippen molar-refractivity contribution in [3.8, 4) is 5.75 Å². The van der Waals surface area contributed by atoms with Crippen molar-refractivity contribution >= 4 is 0 Å². The molecule has 1 fully saturated rings. The lowest BCUT2D eigenvalue weighted by Crippen LogP contribution is -2.45. The van der Waals surface area contributed by atoms with E-state index in [1.807, 2.05) is 6.07 Å². The van der Waals surface area contributed by atoms with Gasteiger partial charge in [0.15, 0.2) is 0 Å². The van der Waals surface area contributed by atoms with Crippen LogP contribution in [0.3, 0.4) is 0 Å². The van der Waals surface area contributed by atoms with Gasteiger partial charge in [0.2, 0.25) is 0 Å². The molecule has 1 aliphatic carbocycles. The minimum atomic E-state index is 0.118. The molecule has 2 heteroatoms. The van der Waals surface area contributed by atoms with Crippen LogP contribution in [-0.2, 0) is 5.41 Å². The van der Waals surface area contributed by atoms with Gasteiger partial charge in [0, 0.05) is 11.5 Å². The van der Waals surface area contributed by atoms with Crippen molar-refractivity contribution in [2.75, 3.05) is 7.11 Å². The molecule has 1 aliphatic rings. The molecule has 0 amide bonds. The van der Waals surface area contributed by atoms with Gasteiger partial charge in [0.1, 0.15) is 5.75 Å². The highest BCUT2D eigenvalue weighted by molar-refractivity contribution is 5.35. The van der Waals surface area contributed by atoms with Crippen molar-refractivity contribution in [1.82, 2.24) is 0 Å². The van der Waals surface area contributed by atoms with Gasteiger partial charge in [0.25, 0.3) is 0 Å². The molecular formula is C14H21NO. The smallest absolute Gasteiger partial charge is 0.119 e. The molecule has 1 aromatic carbocycles. The molecule has 88 valence electrons. The predicted octanol–water partition coefficient (Wildman–Crippen LogP) is 2.85. The third-order valence-corrected chi connectivity index (χ3v) is 4.01. The first-order valence-corrected chi connectivity index (χ1v) is 6.07. The van der Waals surface area contributed by atoms with Gasteiger partial charge < -0.3 is 10.5 Å². The predicted molar refractivity (Wildman–Crippen MR) is 66.8 cm³/mol. The van der Waals surface area contributed by atoms with Gasteiger partial charge in [-0.05, 0) is 30.5 Å². The summed E-state index contributed by atoms with van der Waals surface area (Å²) in [6.45, 7) is 2.28. The zero-order valence-electron chi connectivity index (χ0n) is 10.2. The molecule has 0 heterocycles. The summed E-state index contributed by atoms with van der Waals surface area (Å²) in [4.78, 5) is 0. The third-order valence-electron chi connectivity index (χ3n) is 4.01. The number of rotatable bonds is 2. The maximum atomic E-state index is 6.30. The molecule has 0 saturated heterocycles. The first kappa shape index (κ1) is 11.5. The summed E-state index contributed by atoms with van der Waals surface area (Å²) >= 11 is 0. The lowest BCUT2D eigenvalue weighted by atomic mass is 9.68. The van der Waals surface area contributed by atoms with E-state index in [0.717, 1.165) is 12.2 Å². The lowest BCUT2D eigenvalue weighted by Gasteiger charge is -2.40. The second-order valence-electron chi connectivity index (χ2n) is 5.00. The molecule has 2 atom stereocenters. The third kappa shape index (κ3) is 1.94. The minimum absolute atomic E-state index is 0.118. The van der Waals surface area contributed by atoms with Crippen LogP contribution in [-0.4, -0.2) is 13.2 Å². The van der Waals surface area contributed by atoms with Gasteiger partial charge in [-0.25, -0.2) is 0 Å². The Labute approximate surface area is 97.8 Å². The van der Waals surface area contributed by atoms with Gasteiger partial charge in [-0.15, -0.1) is 0 Å². The van der Waals surface area contributed by atoms with E-state index in [1.54, 1.807) is 7.11 Å². The van der Waals surface area contributed by atoms with Gasteiger partial charge in [-0.3, -0.25) is 0 Å². The first-order valence-electron chi connectivity index (χ1n) is 6.07. The van der Waals surface area contributed by atoms with Crippen LogP contribution in [0.15, 0.2) is 24.3 Å². The lowest BCUT2D eigenvalue weighted by molar-refractivity contribution is 0.271.